The number of rotatable bonds is 4. The van der Waals surface area contributed by atoms with E-state index in [1.807, 2.05) is 30.3 Å². The highest BCUT2D eigenvalue weighted by molar-refractivity contribution is 7.17. The predicted octanol–water partition coefficient (Wildman–Crippen LogP) is 4.40. The number of ether oxygens (including phenoxy) is 1. The number of hydrogen-bond donors (Lipinski definition) is 2. The molecule has 2 rings (SSSR count). The average molecular weight is 353 g/mol. The molecule has 1 amide bonds. The Kier molecular flexibility index (Phi) is 5.57. The highest BCUT2D eigenvalue weighted by Crippen LogP contribution is 2.27. The van der Waals surface area contributed by atoms with Crippen LogP contribution in [0, 0.1) is 0 Å². The van der Waals surface area contributed by atoms with Crippen LogP contribution in [0.3, 0.4) is 0 Å². The second-order valence-electron chi connectivity index (χ2n) is 5.54. The summed E-state index contributed by atoms with van der Waals surface area (Å²) in [6.07, 6.45) is 0.803. The topological polar surface area (TPSA) is 75.6 Å². The van der Waals surface area contributed by atoms with Gasteiger partial charge >= 0.3 is 6.09 Å². The Hall–Kier alpha value is -2.12. The molecule has 0 aliphatic rings. The molecule has 0 atom stereocenters. The van der Waals surface area contributed by atoms with Gasteiger partial charge in [0.15, 0.2) is 10.3 Å². The molecular weight excluding hydrogens is 336 g/mol. The molecule has 1 aromatic heterocycles. The van der Waals surface area contributed by atoms with Crippen molar-refractivity contribution in [2.75, 3.05) is 5.32 Å². The van der Waals surface area contributed by atoms with Gasteiger partial charge in [-0.3, -0.25) is 0 Å². The van der Waals surface area contributed by atoms with Crippen molar-refractivity contribution in [1.82, 2.24) is 10.4 Å². The number of hydrazone groups is 1. The van der Waals surface area contributed by atoms with Gasteiger partial charge in [0.1, 0.15) is 5.60 Å². The minimum Gasteiger partial charge on any atom is -0.443 e. The number of nitrogens with zero attached hydrogens (tertiary/aromatic N) is 2. The minimum atomic E-state index is -0.628. The lowest BCUT2D eigenvalue weighted by Crippen LogP contribution is -2.29. The number of para-hydroxylation sites is 1. The molecule has 6 nitrogen and oxygen atoms in total. The third-order valence-electron chi connectivity index (χ3n) is 2.37. The molecule has 1 heterocycles. The predicted molar refractivity (Wildman–Crippen MR) is 93.8 cm³/mol. The molecule has 0 aliphatic carbocycles. The molecular formula is C15H17ClN4O2S. The van der Waals surface area contributed by atoms with Crippen molar-refractivity contribution in [1.29, 1.82) is 0 Å². The fraction of sp³-hybridized carbons (Fsp3) is 0.267. The van der Waals surface area contributed by atoms with Crippen LogP contribution in [0.2, 0.25) is 5.15 Å². The number of benzene rings is 1. The van der Waals surface area contributed by atoms with E-state index in [2.05, 4.69) is 20.8 Å². The first-order valence-electron chi connectivity index (χ1n) is 6.84. The van der Waals surface area contributed by atoms with Gasteiger partial charge in [-0.25, -0.2) is 15.2 Å². The molecule has 0 unspecified atom stereocenters. The van der Waals surface area contributed by atoms with Crippen molar-refractivity contribution in [3.63, 3.8) is 0 Å². The maximum atomic E-state index is 11.5. The van der Waals surface area contributed by atoms with Crippen LogP contribution < -0.4 is 10.7 Å². The summed E-state index contributed by atoms with van der Waals surface area (Å²) < 4.78 is 5.07. The zero-order chi connectivity index (χ0) is 16.9. The van der Waals surface area contributed by atoms with Crippen molar-refractivity contribution < 1.29 is 9.53 Å². The quantitative estimate of drug-likeness (QED) is 0.631. The molecule has 122 valence electrons. The van der Waals surface area contributed by atoms with Gasteiger partial charge < -0.3 is 10.1 Å². The van der Waals surface area contributed by atoms with Gasteiger partial charge in [-0.1, -0.05) is 41.1 Å². The van der Waals surface area contributed by atoms with Crippen molar-refractivity contribution in [3.8, 4) is 0 Å². The highest BCUT2D eigenvalue weighted by Gasteiger charge is 2.15. The lowest BCUT2D eigenvalue weighted by Gasteiger charge is -2.18. The number of anilines is 2. The van der Waals surface area contributed by atoms with Crippen LogP contribution in [0.25, 0.3) is 0 Å². The molecule has 0 saturated carbocycles. The van der Waals surface area contributed by atoms with E-state index in [4.69, 9.17) is 16.3 Å². The summed E-state index contributed by atoms with van der Waals surface area (Å²) in [6, 6.07) is 9.62. The minimum absolute atomic E-state index is 0.308. The first-order chi connectivity index (χ1) is 10.8. The fourth-order valence-electron chi connectivity index (χ4n) is 1.54. The van der Waals surface area contributed by atoms with Crippen molar-refractivity contribution in [2.24, 2.45) is 5.10 Å². The van der Waals surface area contributed by atoms with Crippen molar-refractivity contribution in [2.45, 2.75) is 26.4 Å². The summed E-state index contributed by atoms with van der Waals surface area (Å²) in [5.74, 6) is 0. The molecule has 0 spiro atoms. The maximum Gasteiger partial charge on any atom is 0.428 e. The van der Waals surface area contributed by atoms with Crippen molar-refractivity contribution in [3.05, 3.63) is 40.4 Å². The molecule has 8 heteroatoms. The third kappa shape index (κ3) is 5.88. The van der Waals surface area contributed by atoms with E-state index in [-0.39, 0.29) is 0 Å². The Bertz CT molecular complexity index is 695. The molecule has 0 bridgehead atoms. The number of nitrogens with one attached hydrogen (secondary N) is 2. The molecule has 23 heavy (non-hydrogen) atoms. The van der Waals surface area contributed by atoms with E-state index in [0.29, 0.717) is 15.2 Å². The molecule has 1 aromatic carbocycles. The summed E-state index contributed by atoms with van der Waals surface area (Å²) in [6.45, 7) is 5.33. The maximum absolute atomic E-state index is 11.5. The average Bonchev–Trinajstić information content (AvgIpc) is 2.78. The number of halogens is 1. The smallest absolute Gasteiger partial charge is 0.428 e. The number of thiazole rings is 1. The summed E-state index contributed by atoms with van der Waals surface area (Å²) in [4.78, 5) is 16.3. The number of carbonyl (C=O) groups is 1. The Morgan fingerprint density at radius 1 is 1.35 bits per heavy atom. The zero-order valence-corrected chi connectivity index (χ0v) is 14.5. The fourth-order valence-corrected chi connectivity index (χ4v) is 2.58. The molecule has 2 N–H and O–H groups in total. The summed E-state index contributed by atoms with van der Waals surface area (Å²) in [5.41, 5.74) is 2.62. The highest BCUT2D eigenvalue weighted by atomic mass is 35.5. The number of aromatic nitrogens is 1. The van der Waals surface area contributed by atoms with E-state index in [1.54, 1.807) is 20.8 Å². The second kappa shape index (κ2) is 7.43. The molecule has 0 saturated heterocycles. The van der Waals surface area contributed by atoms with E-state index >= 15 is 0 Å². The number of amides is 1. The second-order valence-corrected chi connectivity index (χ2v) is 6.93. The standard InChI is InChI=1S/C15H17ClN4O2S/c1-15(2,3)22-14(21)20-17-9-11-12(16)19-13(23-11)18-10-7-5-4-6-8-10/h4-9H,1-3H3,(H,18,19)(H,20,21)/b17-9+. The SMILES string of the molecule is CC(C)(C)OC(=O)N/N=C/c1sc(Nc2ccccc2)nc1Cl. The van der Waals surface area contributed by atoms with Crippen LogP contribution in [-0.4, -0.2) is 22.9 Å². The van der Waals surface area contributed by atoms with Crippen LogP contribution in [-0.2, 0) is 4.74 Å². The van der Waals surface area contributed by atoms with Crippen LogP contribution in [0.5, 0.6) is 0 Å². The Morgan fingerprint density at radius 2 is 2.04 bits per heavy atom. The molecule has 2 aromatic rings. The first-order valence-corrected chi connectivity index (χ1v) is 8.03. The van der Waals surface area contributed by atoms with Gasteiger partial charge in [-0.2, -0.15) is 5.10 Å². The molecule has 0 aliphatic heterocycles. The Balaban J connectivity index is 1.96. The zero-order valence-electron chi connectivity index (χ0n) is 13.0. The van der Waals surface area contributed by atoms with Gasteiger partial charge in [0.2, 0.25) is 0 Å². The van der Waals surface area contributed by atoms with E-state index in [1.165, 1.54) is 17.6 Å². The van der Waals surface area contributed by atoms with Crippen LogP contribution >= 0.6 is 22.9 Å². The van der Waals surface area contributed by atoms with E-state index < -0.39 is 11.7 Å². The molecule has 0 fully saturated rings. The normalized spacial score (nSPS) is 11.5. The van der Waals surface area contributed by atoms with Gasteiger partial charge in [0.05, 0.1) is 11.1 Å². The largest absolute Gasteiger partial charge is 0.443 e. The first kappa shape index (κ1) is 17.2. The van der Waals surface area contributed by atoms with Crippen LogP contribution in [0.15, 0.2) is 35.4 Å². The Morgan fingerprint density at radius 3 is 2.70 bits per heavy atom. The van der Waals surface area contributed by atoms with E-state index in [0.717, 1.165) is 5.69 Å². The summed E-state index contributed by atoms with van der Waals surface area (Å²) >= 11 is 7.38. The van der Waals surface area contributed by atoms with Crippen molar-refractivity contribution >= 4 is 46.1 Å². The van der Waals surface area contributed by atoms with Crippen LogP contribution in [0.4, 0.5) is 15.6 Å². The van der Waals surface area contributed by atoms with Gasteiger partial charge in [0, 0.05) is 5.69 Å². The lowest BCUT2D eigenvalue weighted by atomic mass is 10.2. The summed E-state index contributed by atoms with van der Waals surface area (Å²) in [7, 11) is 0. The Labute approximate surface area is 143 Å². The van der Waals surface area contributed by atoms with Gasteiger partial charge in [-0.05, 0) is 32.9 Å². The molecule has 0 radical (unpaired) electrons. The summed E-state index contributed by atoms with van der Waals surface area (Å²) in [5, 5.41) is 7.91. The van der Waals surface area contributed by atoms with Crippen LogP contribution in [0.1, 0.15) is 25.6 Å². The van der Waals surface area contributed by atoms with Gasteiger partial charge in [0.25, 0.3) is 0 Å². The third-order valence-corrected chi connectivity index (χ3v) is 3.68. The van der Waals surface area contributed by atoms with E-state index in [9.17, 15) is 4.79 Å². The monoisotopic (exact) mass is 352 g/mol. The number of carbonyl (C=O) groups excluding carboxylic acids is 1. The van der Waals surface area contributed by atoms with Gasteiger partial charge in [-0.15, -0.1) is 0 Å². The lowest BCUT2D eigenvalue weighted by molar-refractivity contribution is 0.0529. The number of hydrogen-bond acceptors (Lipinski definition) is 6.